The number of fused-ring (bicyclic) bond motifs is 7. The summed E-state index contributed by atoms with van der Waals surface area (Å²) in [6.07, 6.45) is 14.6. The predicted molar refractivity (Wildman–Crippen MR) is 140 cm³/mol. The highest BCUT2D eigenvalue weighted by Gasteiger charge is 2.68. The van der Waals surface area contributed by atoms with Crippen LogP contribution in [0.3, 0.4) is 0 Å². The van der Waals surface area contributed by atoms with Crippen LogP contribution in [-0.2, 0) is 9.53 Å². The number of carbonyl (C=O) groups is 1. The smallest absolute Gasteiger partial charge is 0.302 e. The molecule has 2 nitrogen and oxygen atoms in total. The molecule has 0 N–H and O–H groups in total. The maximum absolute atomic E-state index is 11.9. The van der Waals surface area contributed by atoms with Gasteiger partial charge in [-0.3, -0.25) is 4.79 Å². The fraction of sp³-hybridized carbons (Fsp3) is 0.906. The summed E-state index contributed by atoms with van der Waals surface area (Å²) in [6, 6.07) is 0. The maximum atomic E-state index is 11.9. The topological polar surface area (TPSA) is 26.3 Å². The molecule has 4 fully saturated rings. The molecule has 0 aromatic heterocycles. The Morgan fingerprint density at radius 3 is 2.26 bits per heavy atom. The summed E-state index contributed by atoms with van der Waals surface area (Å²) in [4.78, 5) is 11.9. The molecule has 192 valence electrons. The largest absolute Gasteiger partial charge is 0.462 e. The van der Waals surface area contributed by atoms with Gasteiger partial charge in [-0.25, -0.2) is 0 Å². The lowest BCUT2D eigenvalue weighted by molar-refractivity contribution is -0.212. The third kappa shape index (κ3) is 3.08. The van der Waals surface area contributed by atoms with Gasteiger partial charge in [-0.2, -0.15) is 0 Å². The summed E-state index contributed by atoms with van der Waals surface area (Å²) in [5.41, 5.74) is 3.44. The van der Waals surface area contributed by atoms with E-state index in [1.54, 1.807) is 6.92 Å². The van der Waals surface area contributed by atoms with E-state index in [4.69, 9.17) is 4.74 Å². The Kier molecular flexibility index (Phi) is 5.57. The van der Waals surface area contributed by atoms with Gasteiger partial charge in [0.1, 0.15) is 6.10 Å². The summed E-state index contributed by atoms with van der Waals surface area (Å²) >= 11 is 0. The Labute approximate surface area is 210 Å². The third-order valence-electron chi connectivity index (χ3n) is 13.6. The molecule has 3 unspecified atom stereocenters. The first-order chi connectivity index (χ1) is 15.7. The molecule has 0 amide bonds. The minimum absolute atomic E-state index is 0.0450. The molecule has 10 atom stereocenters. The van der Waals surface area contributed by atoms with Gasteiger partial charge in [0.05, 0.1) is 0 Å². The van der Waals surface area contributed by atoms with Crippen molar-refractivity contribution in [2.24, 2.45) is 56.7 Å². The van der Waals surface area contributed by atoms with Crippen molar-refractivity contribution in [3.05, 3.63) is 11.6 Å². The van der Waals surface area contributed by atoms with Crippen LogP contribution in [0.5, 0.6) is 0 Å². The van der Waals surface area contributed by atoms with E-state index in [0.717, 1.165) is 30.1 Å². The molecule has 0 aromatic rings. The second kappa shape index (κ2) is 7.61. The molecular weight excluding hydrogens is 416 g/mol. The Balaban J connectivity index is 1.54. The molecule has 0 bridgehead atoms. The van der Waals surface area contributed by atoms with Crippen molar-refractivity contribution >= 4 is 5.97 Å². The van der Waals surface area contributed by atoms with E-state index in [0.29, 0.717) is 27.6 Å². The molecule has 0 spiro atoms. The van der Waals surface area contributed by atoms with E-state index >= 15 is 0 Å². The summed E-state index contributed by atoms with van der Waals surface area (Å²) in [7, 11) is 0. The van der Waals surface area contributed by atoms with Crippen molar-refractivity contribution in [1.29, 1.82) is 0 Å². The summed E-state index contributed by atoms with van der Waals surface area (Å²) in [6.45, 7) is 22.1. The number of ether oxygens (including phenoxy) is 1. The zero-order chi connectivity index (χ0) is 24.9. The Morgan fingerprint density at radius 1 is 0.882 bits per heavy atom. The molecule has 0 saturated heterocycles. The lowest BCUT2D eigenvalue weighted by Crippen LogP contribution is -2.65. The van der Waals surface area contributed by atoms with E-state index in [9.17, 15) is 4.79 Å². The maximum Gasteiger partial charge on any atom is 0.302 e. The van der Waals surface area contributed by atoms with Gasteiger partial charge in [-0.15, -0.1) is 0 Å². The number of allylic oxidation sites excluding steroid dienone is 2. The highest BCUT2D eigenvalue weighted by Crippen LogP contribution is 2.75. The normalized spacial score (nSPS) is 54.0. The first kappa shape index (κ1) is 24.9. The number of rotatable bonds is 1. The summed E-state index contributed by atoms with van der Waals surface area (Å²) in [5.74, 6) is 3.66. The molecule has 34 heavy (non-hydrogen) atoms. The Hall–Kier alpha value is -0.790. The molecular formula is C32H52O2. The first-order valence-corrected chi connectivity index (χ1v) is 14.6. The number of carbonyl (C=O) groups excluding carboxylic acids is 1. The van der Waals surface area contributed by atoms with Crippen LogP contribution in [0.25, 0.3) is 0 Å². The zero-order valence-corrected chi connectivity index (χ0v) is 23.7. The number of hydrogen-bond donors (Lipinski definition) is 0. The van der Waals surface area contributed by atoms with Gasteiger partial charge in [0.25, 0.3) is 0 Å². The second-order valence-electron chi connectivity index (χ2n) is 15.3. The lowest BCUT2D eigenvalue weighted by atomic mass is 9.33. The van der Waals surface area contributed by atoms with Crippen LogP contribution in [-0.4, -0.2) is 12.1 Å². The summed E-state index contributed by atoms with van der Waals surface area (Å²) in [5, 5.41) is 0. The van der Waals surface area contributed by atoms with Crippen molar-refractivity contribution in [1.82, 2.24) is 0 Å². The fourth-order valence-corrected chi connectivity index (χ4v) is 11.2. The third-order valence-corrected chi connectivity index (χ3v) is 13.6. The fourth-order valence-electron chi connectivity index (χ4n) is 11.2. The van der Waals surface area contributed by atoms with Gasteiger partial charge in [0.15, 0.2) is 0 Å². The van der Waals surface area contributed by atoms with E-state index in [1.807, 2.05) is 5.57 Å². The van der Waals surface area contributed by atoms with Crippen molar-refractivity contribution in [2.75, 3.05) is 0 Å². The quantitative estimate of drug-likeness (QED) is 0.284. The monoisotopic (exact) mass is 468 g/mol. The van der Waals surface area contributed by atoms with E-state index in [2.05, 4.69) is 61.5 Å². The van der Waals surface area contributed by atoms with Crippen LogP contribution in [0.1, 0.15) is 120 Å². The molecule has 0 radical (unpaired) electrons. The van der Waals surface area contributed by atoms with Gasteiger partial charge in [-0.1, -0.05) is 67.0 Å². The van der Waals surface area contributed by atoms with Crippen LogP contribution >= 0.6 is 0 Å². The highest BCUT2D eigenvalue weighted by atomic mass is 16.5. The van der Waals surface area contributed by atoms with Crippen LogP contribution < -0.4 is 0 Å². The molecule has 2 heteroatoms. The lowest BCUT2D eigenvalue weighted by Gasteiger charge is -2.71. The molecule has 5 rings (SSSR count). The van der Waals surface area contributed by atoms with Gasteiger partial charge >= 0.3 is 5.97 Å². The second-order valence-corrected chi connectivity index (χ2v) is 15.3. The molecule has 0 aromatic carbocycles. The van der Waals surface area contributed by atoms with Crippen LogP contribution in [0, 0.1) is 56.7 Å². The van der Waals surface area contributed by atoms with Crippen molar-refractivity contribution < 1.29 is 9.53 Å². The van der Waals surface area contributed by atoms with Crippen LogP contribution in [0.15, 0.2) is 11.6 Å². The molecule has 5 aliphatic rings. The van der Waals surface area contributed by atoms with Crippen molar-refractivity contribution in [3.8, 4) is 0 Å². The molecule has 5 aliphatic carbocycles. The summed E-state index contributed by atoms with van der Waals surface area (Å²) < 4.78 is 5.91. The van der Waals surface area contributed by atoms with E-state index in [-0.39, 0.29) is 17.5 Å². The van der Waals surface area contributed by atoms with Crippen molar-refractivity contribution in [3.63, 3.8) is 0 Å². The van der Waals surface area contributed by atoms with Gasteiger partial charge in [0.2, 0.25) is 0 Å². The average molecular weight is 469 g/mol. The Bertz CT molecular complexity index is 885. The van der Waals surface area contributed by atoms with Crippen LogP contribution in [0.4, 0.5) is 0 Å². The SMILES string of the molecule is CC(=O)OC1CC[C@@]2(C)[C@@H](CC[C@]3(C)[C@H]2CC=C2[C@@H]4C(C)C(C)CC[C@@]4(C)CC[C@@]23C)C1(C)C. The molecule has 0 heterocycles. The van der Waals surface area contributed by atoms with Gasteiger partial charge < -0.3 is 4.74 Å². The predicted octanol–water partition coefficient (Wildman–Crippen LogP) is 8.60. The van der Waals surface area contributed by atoms with Gasteiger partial charge in [0, 0.05) is 12.3 Å². The standard InChI is InChI=1S/C32H52O2/c1-20-12-15-29(6)18-19-31(8)23(27(29)21(20)2)10-11-25-30(7)16-14-26(34-22(3)33)28(4,5)24(30)13-17-32(25,31)9/h10,20-21,24-27H,11-19H2,1-9H3/t20?,21?,24-,25-,26?,27-,29-,30-,31-,32+/m0/s1. The Morgan fingerprint density at radius 2 is 1.59 bits per heavy atom. The van der Waals surface area contributed by atoms with Gasteiger partial charge in [-0.05, 0) is 109 Å². The van der Waals surface area contributed by atoms with Crippen LogP contribution in [0.2, 0.25) is 0 Å². The molecule has 4 saturated carbocycles. The first-order valence-electron chi connectivity index (χ1n) is 14.6. The van der Waals surface area contributed by atoms with Crippen molar-refractivity contribution in [2.45, 2.75) is 126 Å². The highest BCUT2D eigenvalue weighted by molar-refractivity contribution is 5.66. The molecule has 0 aliphatic heterocycles. The minimum atomic E-state index is -0.110. The average Bonchev–Trinajstić information content (AvgIpc) is 2.74. The van der Waals surface area contributed by atoms with E-state index < -0.39 is 0 Å². The number of esters is 1. The van der Waals surface area contributed by atoms with E-state index in [1.165, 1.54) is 51.4 Å². The zero-order valence-electron chi connectivity index (χ0n) is 23.7. The minimum Gasteiger partial charge on any atom is -0.462 e. The number of hydrogen-bond acceptors (Lipinski definition) is 2.